The van der Waals surface area contributed by atoms with Gasteiger partial charge in [-0.3, -0.25) is 0 Å². The molecule has 0 fully saturated rings. The third-order valence-corrected chi connectivity index (χ3v) is 3.28. The van der Waals surface area contributed by atoms with Gasteiger partial charge in [0, 0.05) is 6.54 Å². The van der Waals surface area contributed by atoms with Crippen LogP contribution in [0.2, 0.25) is 0 Å². The van der Waals surface area contributed by atoms with Gasteiger partial charge in [-0.05, 0) is 16.5 Å². The minimum atomic E-state index is 0.279. The first-order valence-electron chi connectivity index (χ1n) is 8.77. The van der Waals surface area contributed by atoms with Gasteiger partial charge in [0.15, 0.2) is 0 Å². The molecule has 6 heteroatoms. The van der Waals surface area contributed by atoms with Crippen LogP contribution in [-0.4, -0.2) is 33.0 Å². The Morgan fingerprint density at radius 3 is 1.73 bits per heavy atom. The average Bonchev–Trinajstić information content (AvgIpc) is 2.54. The monoisotopic (exact) mass is 321 g/mol. The van der Waals surface area contributed by atoms with Crippen molar-refractivity contribution in [3.05, 3.63) is 0 Å². The van der Waals surface area contributed by atoms with Crippen molar-refractivity contribution in [1.82, 2.24) is 0 Å². The summed E-state index contributed by atoms with van der Waals surface area (Å²) in [6.45, 7) is 4.48. The lowest BCUT2D eigenvalue weighted by Crippen LogP contribution is -2.12. The molecule has 0 aliphatic carbocycles. The van der Waals surface area contributed by atoms with Crippen LogP contribution in [0.15, 0.2) is 0 Å². The largest absolute Gasteiger partial charge is 0.378 e. The normalized spacial score (nSPS) is 11.2. The lowest BCUT2D eigenvalue weighted by molar-refractivity contribution is -0.634. The van der Waals surface area contributed by atoms with Crippen molar-refractivity contribution < 1.29 is 24.6 Å². The summed E-state index contributed by atoms with van der Waals surface area (Å²) in [5.74, 6) is 0. The van der Waals surface area contributed by atoms with Crippen LogP contribution >= 0.6 is 0 Å². The summed E-state index contributed by atoms with van der Waals surface area (Å²) in [5, 5.41) is 8.79. The van der Waals surface area contributed by atoms with E-state index in [9.17, 15) is 0 Å². The number of hydrogen-bond donors (Lipinski definition) is 1. The van der Waals surface area contributed by atoms with Crippen LogP contribution in [0.25, 0.3) is 0 Å². The van der Waals surface area contributed by atoms with Crippen molar-refractivity contribution in [3.63, 3.8) is 0 Å². The summed E-state index contributed by atoms with van der Waals surface area (Å²) < 4.78 is 5.08. The van der Waals surface area contributed by atoms with E-state index in [4.69, 9.17) is 15.4 Å². The van der Waals surface area contributed by atoms with Crippen molar-refractivity contribution in [2.75, 3.05) is 33.0 Å². The van der Waals surface area contributed by atoms with Crippen LogP contribution < -0.4 is 5.73 Å². The maximum atomic E-state index is 5.26. The fourth-order valence-corrected chi connectivity index (χ4v) is 2.03. The van der Waals surface area contributed by atoms with Crippen LogP contribution in [0.3, 0.4) is 0 Å². The molecule has 0 aromatic heterocycles. The standard InChI is InChI=1S/C16H35NO5/c1-2-3-4-5-6-7-8-9-10-11-13-19-21-22-20-16-15-18-14-12-17/h2-17H2,1H3. The molecule has 0 saturated carbocycles. The van der Waals surface area contributed by atoms with Crippen molar-refractivity contribution >= 4 is 0 Å². The highest BCUT2D eigenvalue weighted by Gasteiger charge is 1.95. The maximum Gasteiger partial charge on any atom is 0.109 e. The fourth-order valence-electron chi connectivity index (χ4n) is 2.03. The van der Waals surface area contributed by atoms with Gasteiger partial charge in [-0.15, -0.1) is 0 Å². The Morgan fingerprint density at radius 1 is 0.591 bits per heavy atom. The summed E-state index contributed by atoms with van der Waals surface area (Å²) in [6.07, 6.45) is 12.9. The first kappa shape index (κ1) is 21.8. The molecule has 0 amide bonds. The summed E-state index contributed by atoms with van der Waals surface area (Å²) in [4.78, 5) is 9.49. The van der Waals surface area contributed by atoms with Crippen LogP contribution in [0.4, 0.5) is 0 Å². The SMILES string of the molecule is CCCCCCCCCCCCOOOOCCOCCN. The van der Waals surface area contributed by atoms with E-state index in [1.807, 2.05) is 0 Å². The molecule has 0 saturated heterocycles. The predicted octanol–water partition coefficient (Wildman–Crippen LogP) is 3.69. The summed E-state index contributed by atoms with van der Waals surface area (Å²) in [7, 11) is 0. The molecule has 0 atom stereocenters. The van der Waals surface area contributed by atoms with Gasteiger partial charge in [-0.1, -0.05) is 64.7 Å². The Labute approximate surface area is 135 Å². The molecular formula is C16H35NO5. The van der Waals surface area contributed by atoms with Gasteiger partial charge < -0.3 is 10.5 Å². The third kappa shape index (κ3) is 19.8. The fraction of sp³-hybridized carbons (Fsp3) is 1.00. The predicted molar refractivity (Wildman–Crippen MR) is 85.8 cm³/mol. The molecule has 0 heterocycles. The quantitative estimate of drug-likeness (QED) is 0.222. The molecule has 6 nitrogen and oxygen atoms in total. The Hall–Kier alpha value is -0.240. The van der Waals surface area contributed by atoms with E-state index in [0.717, 1.165) is 12.8 Å². The Bertz CT molecular complexity index is 175. The van der Waals surface area contributed by atoms with E-state index in [1.54, 1.807) is 0 Å². The van der Waals surface area contributed by atoms with Crippen LogP contribution in [0.1, 0.15) is 71.1 Å². The first-order valence-corrected chi connectivity index (χ1v) is 8.77. The zero-order valence-electron chi connectivity index (χ0n) is 14.2. The van der Waals surface area contributed by atoms with E-state index < -0.39 is 0 Å². The van der Waals surface area contributed by atoms with Crippen molar-refractivity contribution in [3.8, 4) is 0 Å². The molecule has 0 bridgehead atoms. The van der Waals surface area contributed by atoms with Gasteiger partial charge in [0.2, 0.25) is 0 Å². The van der Waals surface area contributed by atoms with Gasteiger partial charge >= 0.3 is 0 Å². The van der Waals surface area contributed by atoms with Crippen LogP contribution in [0.5, 0.6) is 0 Å². The van der Waals surface area contributed by atoms with Crippen molar-refractivity contribution in [1.29, 1.82) is 0 Å². The van der Waals surface area contributed by atoms with E-state index >= 15 is 0 Å². The molecular weight excluding hydrogens is 286 g/mol. The molecule has 0 spiro atoms. The van der Waals surface area contributed by atoms with Gasteiger partial charge in [0.1, 0.15) is 6.61 Å². The van der Waals surface area contributed by atoms with Crippen LogP contribution in [-0.2, 0) is 24.6 Å². The molecule has 134 valence electrons. The van der Waals surface area contributed by atoms with Crippen molar-refractivity contribution in [2.45, 2.75) is 71.1 Å². The molecule has 0 aliphatic rings. The van der Waals surface area contributed by atoms with Gasteiger partial charge in [0.25, 0.3) is 0 Å². The van der Waals surface area contributed by atoms with Crippen LogP contribution in [0, 0.1) is 0 Å². The lowest BCUT2D eigenvalue weighted by atomic mass is 10.1. The van der Waals surface area contributed by atoms with Gasteiger partial charge in [-0.2, -0.15) is 0 Å². The average molecular weight is 321 g/mol. The summed E-state index contributed by atoms with van der Waals surface area (Å²) >= 11 is 0. The third-order valence-electron chi connectivity index (χ3n) is 3.28. The second kappa shape index (κ2) is 20.8. The highest BCUT2D eigenvalue weighted by molar-refractivity contribution is 4.46. The first-order chi connectivity index (χ1) is 10.9. The highest BCUT2D eigenvalue weighted by Crippen LogP contribution is 2.10. The number of rotatable bonds is 19. The second-order valence-corrected chi connectivity index (χ2v) is 5.36. The summed E-state index contributed by atoms with van der Waals surface area (Å²) in [5.41, 5.74) is 5.26. The molecule has 0 aliphatic heterocycles. The minimum absolute atomic E-state index is 0.279. The number of nitrogens with two attached hydrogens (primary N) is 1. The second-order valence-electron chi connectivity index (χ2n) is 5.36. The Morgan fingerprint density at radius 2 is 1.14 bits per heavy atom. The Balaban J connectivity index is 2.91. The molecule has 0 aromatic rings. The summed E-state index contributed by atoms with van der Waals surface area (Å²) in [6, 6.07) is 0. The number of ether oxygens (including phenoxy) is 1. The molecule has 22 heavy (non-hydrogen) atoms. The lowest BCUT2D eigenvalue weighted by Gasteiger charge is -2.04. The van der Waals surface area contributed by atoms with E-state index in [-0.39, 0.29) is 6.61 Å². The van der Waals surface area contributed by atoms with E-state index in [2.05, 4.69) is 21.9 Å². The molecule has 0 radical (unpaired) electrons. The van der Waals surface area contributed by atoms with Gasteiger partial charge in [0.05, 0.1) is 19.8 Å². The minimum Gasteiger partial charge on any atom is -0.378 e. The molecule has 0 rings (SSSR count). The molecule has 0 unspecified atom stereocenters. The Kier molecular flexibility index (Phi) is 20.5. The van der Waals surface area contributed by atoms with Crippen molar-refractivity contribution in [2.24, 2.45) is 5.73 Å². The molecule has 2 N–H and O–H groups in total. The smallest absolute Gasteiger partial charge is 0.109 e. The molecule has 0 aromatic carbocycles. The highest BCUT2D eigenvalue weighted by atomic mass is 17.7. The zero-order valence-corrected chi connectivity index (χ0v) is 14.2. The zero-order chi connectivity index (χ0) is 16.1. The number of unbranched alkanes of at least 4 members (excludes halogenated alkanes) is 9. The van der Waals surface area contributed by atoms with E-state index in [0.29, 0.717) is 26.4 Å². The number of hydrogen-bond acceptors (Lipinski definition) is 6. The maximum absolute atomic E-state index is 5.26. The van der Waals surface area contributed by atoms with Gasteiger partial charge in [-0.25, -0.2) is 9.78 Å². The van der Waals surface area contributed by atoms with E-state index in [1.165, 1.54) is 51.4 Å². The topological polar surface area (TPSA) is 72.2 Å².